The first-order chi connectivity index (χ1) is 13.0. The number of aromatic nitrogens is 1. The number of ether oxygens (including phenoxy) is 2. The van der Waals surface area contributed by atoms with E-state index in [0.29, 0.717) is 11.3 Å². The smallest absolute Gasteiger partial charge is 0.257 e. The van der Waals surface area contributed by atoms with Gasteiger partial charge in [-0.1, -0.05) is 29.8 Å². The van der Waals surface area contributed by atoms with E-state index >= 15 is 0 Å². The normalized spacial score (nSPS) is 10.4. The maximum absolute atomic E-state index is 14.2. The van der Waals surface area contributed by atoms with Crippen LogP contribution in [0.2, 0.25) is 0 Å². The van der Waals surface area contributed by atoms with Crippen molar-refractivity contribution in [2.45, 2.75) is 6.92 Å². The number of pyridine rings is 1. The molecule has 5 nitrogen and oxygen atoms in total. The molecule has 0 saturated heterocycles. The first kappa shape index (κ1) is 18.4. The highest BCUT2D eigenvalue weighted by molar-refractivity contribution is 6.04. The number of methoxy groups -OCH3 is 2. The van der Waals surface area contributed by atoms with Crippen LogP contribution in [0.25, 0.3) is 11.1 Å². The molecule has 0 unspecified atom stereocenters. The van der Waals surface area contributed by atoms with Crippen LogP contribution >= 0.6 is 0 Å². The fraction of sp³-hybridized carbons (Fsp3) is 0.143. The van der Waals surface area contributed by atoms with Gasteiger partial charge in [-0.3, -0.25) is 9.78 Å². The van der Waals surface area contributed by atoms with Gasteiger partial charge >= 0.3 is 0 Å². The largest absolute Gasteiger partial charge is 0.493 e. The molecule has 0 spiro atoms. The van der Waals surface area contributed by atoms with Crippen molar-refractivity contribution >= 4 is 11.6 Å². The van der Waals surface area contributed by atoms with Gasteiger partial charge in [0, 0.05) is 30.1 Å². The molecule has 2 aromatic carbocycles. The quantitative estimate of drug-likeness (QED) is 0.724. The van der Waals surface area contributed by atoms with Gasteiger partial charge in [0.15, 0.2) is 17.3 Å². The Morgan fingerprint density at radius 2 is 1.63 bits per heavy atom. The van der Waals surface area contributed by atoms with Crippen molar-refractivity contribution in [1.29, 1.82) is 0 Å². The second kappa shape index (κ2) is 7.86. The number of benzene rings is 2. The number of carbonyl (C=O) groups is 1. The van der Waals surface area contributed by atoms with Crippen LogP contribution in [-0.4, -0.2) is 25.1 Å². The number of aryl methyl sites for hydroxylation is 1. The molecule has 0 atom stereocenters. The second-order valence-corrected chi connectivity index (χ2v) is 5.97. The lowest BCUT2D eigenvalue weighted by Gasteiger charge is -2.12. The zero-order chi connectivity index (χ0) is 19.4. The molecule has 27 heavy (non-hydrogen) atoms. The Balaban J connectivity index is 1.87. The summed E-state index contributed by atoms with van der Waals surface area (Å²) in [5.41, 5.74) is 3.21. The predicted octanol–water partition coefficient (Wildman–Crippen LogP) is 4.47. The number of hydrogen-bond acceptors (Lipinski definition) is 4. The Kier molecular flexibility index (Phi) is 5.35. The van der Waals surface area contributed by atoms with E-state index in [1.807, 2.05) is 31.2 Å². The van der Waals surface area contributed by atoms with E-state index in [0.717, 1.165) is 22.8 Å². The van der Waals surface area contributed by atoms with Gasteiger partial charge in [0.2, 0.25) is 0 Å². The standard InChI is InChI=1S/C21H19FN2O3/c1-13-4-6-14(7-5-13)15-8-16(12-23-11-15)21(25)24-18-10-20(27-3)19(26-2)9-17(18)22/h4-12H,1-3H3,(H,24,25). The van der Waals surface area contributed by atoms with Crippen molar-refractivity contribution in [2.24, 2.45) is 0 Å². The average molecular weight is 366 g/mol. The van der Waals surface area contributed by atoms with Gasteiger partial charge < -0.3 is 14.8 Å². The summed E-state index contributed by atoms with van der Waals surface area (Å²) in [6.45, 7) is 2.00. The SMILES string of the molecule is COc1cc(F)c(NC(=O)c2cncc(-c3ccc(C)cc3)c2)cc1OC. The predicted molar refractivity (Wildman–Crippen MR) is 102 cm³/mol. The molecular formula is C21H19FN2O3. The van der Waals surface area contributed by atoms with E-state index in [-0.39, 0.29) is 11.4 Å². The summed E-state index contributed by atoms with van der Waals surface area (Å²) in [6, 6.07) is 12.1. The molecule has 0 aliphatic heterocycles. The highest BCUT2D eigenvalue weighted by atomic mass is 19.1. The van der Waals surface area contributed by atoms with Crippen LogP contribution < -0.4 is 14.8 Å². The van der Waals surface area contributed by atoms with Gasteiger partial charge in [0.25, 0.3) is 5.91 Å². The molecule has 0 saturated carbocycles. The molecule has 3 aromatic rings. The summed E-state index contributed by atoms with van der Waals surface area (Å²) in [5.74, 6) is -0.525. The fourth-order valence-electron chi connectivity index (χ4n) is 2.61. The van der Waals surface area contributed by atoms with Crippen molar-refractivity contribution < 1.29 is 18.7 Å². The van der Waals surface area contributed by atoms with Gasteiger partial charge in [-0.05, 0) is 18.6 Å². The topological polar surface area (TPSA) is 60.5 Å². The minimum absolute atomic E-state index is 0.00149. The first-order valence-electron chi connectivity index (χ1n) is 8.27. The number of nitrogens with one attached hydrogen (secondary N) is 1. The Morgan fingerprint density at radius 1 is 0.963 bits per heavy atom. The molecule has 138 valence electrons. The van der Waals surface area contributed by atoms with Crippen molar-refractivity contribution in [3.8, 4) is 22.6 Å². The first-order valence-corrected chi connectivity index (χ1v) is 8.27. The van der Waals surface area contributed by atoms with Crippen LogP contribution in [-0.2, 0) is 0 Å². The molecule has 0 bridgehead atoms. The molecule has 0 radical (unpaired) electrons. The maximum atomic E-state index is 14.2. The Hall–Kier alpha value is -3.41. The van der Waals surface area contributed by atoms with Gasteiger partial charge in [-0.2, -0.15) is 0 Å². The number of anilines is 1. The van der Waals surface area contributed by atoms with Crippen molar-refractivity contribution in [1.82, 2.24) is 4.98 Å². The number of halogens is 1. The lowest BCUT2D eigenvalue weighted by molar-refractivity contribution is 0.102. The maximum Gasteiger partial charge on any atom is 0.257 e. The lowest BCUT2D eigenvalue weighted by atomic mass is 10.0. The Bertz CT molecular complexity index is 972. The number of hydrogen-bond donors (Lipinski definition) is 1. The van der Waals surface area contributed by atoms with Crippen LogP contribution in [0.1, 0.15) is 15.9 Å². The highest BCUT2D eigenvalue weighted by Gasteiger charge is 2.15. The number of amides is 1. The van der Waals surface area contributed by atoms with E-state index in [9.17, 15) is 9.18 Å². The average Bonchev–Trinajstić information content (AvgIpc) is 2.69. The van der Waals surface area contributed by atoms with Gasteiger partial charge in [0.1, 0.15) is 0 Å². The molecule has 3 rings (SSSR count). The summed E-state index contributed by atoms with van der Waals surface area (Å²) < 4.78 is 24.4. The number of rotatable bonds is 5. The minimum Gasteiger partial charge on any atom is -0.493 e. The Labute approximate surface area is 156 Å². The molecule has 6 heteroatoms. The lowest BCUT2D eigenvalue weighted by Crippen LogP contribution is -2.13. The van der Waals surface area contributed by atoms with E-state index in [4.69, 9.17) is 9.47 Å². The van der Waals surface area contributed by atoms with Gasteiger partial charge in [0.05, 0.1) is 25.5 Å². The minimum atomic E-state index is -0.622. The van der Waals surface area contributed by atoms with Crippen molar-refractivity contribution in [3.63, 3.8) is 0 Å². The fourth-order valence-corrected chi connectivity index (χ4v) is 2.61. The van der Waals surface area contributed by atoms with Crippen LogP contribution in [0, 0.1) is 12.7 Å². The third kappa shape index (κ3) is 4.06. The zero-order valence-corrected chi connectivity index (χ0v) is 15.2. The zero-order valence-electron chi connectivity index (χ0n) is 15.2. The van der Waals surface area contributed by atoms with Gasteiger partial charge in [-0.25, -0.2) is 4.39 Å². The molecule has 0 aliphatic carbocycles. The van der Waals surface area contributed by atoms with Crippen LogP contribution in [0.4, 0.5) is 10.1 Å². The summed E-state index contributed by atoms with van der Waals surface area (Å²) in [6.07, 6.45) is 3.12. The highest BCUT2D eigenvalue weighted by Crippen LogP contribution is 2.32. The van der Waals surface area contributed by atoms with E-state index in [2.05, 4.69) is 10.3 Å². The van der Waals surface area contributed by atoms with Gasteiger partial charge in [-0.15, -0.1) is 0 Å². The molecule has 0 aliphatic rings. The molecule has 1 N–H and O–H groups in total. The third-order valence-corrected chi connectivity index (χ3v) is 4.11. The van der Waals surface area contributed by atoms with Crippen LogP contribution in [0.15, 0.2) is 54.9 Å². The van der Waals surface area contributed by atoms with Crippen LogP contribution in [0.3, 0.4) is 0 Å². The number of nitrogens with zero attached hydrogens (tertiary/aromatic N) is 1. The molecule has 1 amide bonds. The van der Waals surface area contributed by atoms with E-state index in [1.54, 1.807) is 12.3 Å². The van der Waals surface area contributed by atoms with Crippen molar-refractivity contribution in [2.75, 3.05) is 19.5 Å². The third-order valence-electron chi connectivity index (χ3n) is 4.11. The molecule has 0 fully saturated rings. The van der Waals surface area contributed by atoms with Crippen molar-refractivity contribution in [3.05, 3.63) is 71.8 Å². The summed E-state index contributed by atoms with van der Waals surface area (Å²) in [4.78, 5) is 16.7. The van der Waals surface area contributed by atoms with Crippen LogP contribution in [0.5, 0.6) is 11.5 Å². The second-order valence-electron chi connectivity index (χ2n) is 5.97. The van der Waals surface area contributed by atoms with E-state index in [1.165, 1.54) is 26.5 Å². The summed E-state index contributed by atoms with van der Waals surface area (Å²) >= 11 is 0. The number of carbonyl (C=O) groups excluding carboxylic acids is 1. The Morgan fingerprint density at radius 3 is 2.30 bits per heavy atom. The summed E-state index contributed by atoms with van der Waals surface area (Å²) in [5, 5.41) is 2.55. The van der Waals surface area contributed by atoms with E-state index < -0.39 is 11.7 Å². The molecule has 1 aromatic heterocycles. The molecular weight excluding hydrogens is 347 g/mol. The molecule has 1 heterocycles. The monoisotopic (exact) mass is 366 g/mol. The summed E-state index contributed by atoms with van der Waals surface area (Å²) in [7, 11) is 2.86.